The lowest BCUT2D eigenvalue weighted by Crippen LogP contribution is -2.47. The maximum Gasteiger partial charge on any atom is 0.325 e. The van der Waals surface area contributed by atoms with Gasteiger partial charge in [0.15, 0.2) is 0 Å². The average Bonchev–Trinajstić information content (AvgIpc) is 2.98. The molecule has 2 aromatic rings. The summed E-state index contributed by atoms with van der Waals surface area (Å²) in [6.45, 7) is 3.38. The summed E-state index contributed by atoms with van der Waals surface area (Å²) in [6.07, 6.45) is 4.28. The number of carbonyl (C=O) groups is 3. The van der Waals surface area contributed by atoms with Gasteiger partial charge in [-0.05, 0) is 36.1 Å². The Balaban J connectivity index is 1.78. The van der Waals surface area contributed by atoms with Crippen LogP contribution in [0.15, 0.2) is 54.9 Å². The first-order valence-corrected chi connectivity index (χ1v) is 9.39. The largest absolute Gasteiger partial charge is 0.344 e. The maximum absolute atomic E-state index is 12.7. The van der Waals surface area contributed by atoms with Gasteiger partial charge >= 0.3 is 6.03 Å². The molecule has 1 aliphatic rings. The van der Waals surface area contributed by atoms with E-state index in [2.05, 4.69) is 15.6 Å². The average molecular weight is 380 g/mol. The Labute approximate surface area is 164 Å². The molecule has 4 amide bonds. The van der Waals surface area contributed by atoms with Crippen molar-refractivity contribution in [2.75, 3.05) is 6.54 Å². The van der Waals surface area contributed by atoms with Gasteiger partial charge in [0, 0.05) is 12.4 Å². The highest BCUT2D eigenvalue weighted by Gasteiger charge is 2.49. The molecule has 2 N–H and O–H groups in total. The Hall–Kier alpha value is -3.22. The smallest absolute Gasteiger partial charge is 0.325 e. The van der Waals surface area contributed by atoms with E-state index < -0.39 is 23.5 Å². The van der Waals surface area contributed by atoms with Gasteiger partial charge in [-0.3, -0.25) is 19.5 Å². The first-order chi connectivity index (χ1) is 13.5. The van der Waals surface area contributed by atoms with Crippen LogP contribution in [0.4, 0.5) is 4.79 Å². The molecular formula is C21H24N4O3. The van der Waals surface area contributed by atoms with Crippen LogP contribution in [0.25, 0.3) is 0 Å². The van der Waals surface area contributed by atoms with Crippen LogP contribution in [-0.2, 0) is 9.59 Å². The summed E-state index contributed by atoms with van der Waals surface area (Å²) in [4.78, 5) is 42.8. The summed E-state index contributed by atoms with van der Waals surface area (Å²) < 4.78 is 0. The number of hydrogen-bond donors (Lipinski definition) is 2. The summed E-state index contributed by atoms with van der Waals surface area (Å²) in [5, 5.41) is 5.68. The fourth-order valence-corrected chi connectivity index (χ4v) is 3.46. The minimum Gasteiger partial charge on any atom is -0.344 e. The molecule has 1 aliphatic heterocycles. The molecule has 1 atom stereocenters. The number of carbonyl (C=O) groups excluding carboxylic acids is 3. The SMILES string of the molecule is CCC1(CC)NC(=O)N(CC(=O)NC(c2ccccc2)c2ccncc2)C1=O. The minimum absolute atomic E-state index is 0.319. The molecule has 1 aromatic heterocycles. The van der Waals surface area contributed by atoms with Crippen molar-refractivity contribution in [2.45, 2.75) is 38.3 Å². The lowest BCUT2D eigenvalue weighted by Gasteiger charge is -2.24. The number of benzene rings is 1. The number of hydrogen-bond acceptors (Lipinski definition) is 4. The van der Waals surface area contributed by atoms with E-state index in [1.165, 1.54) is 0 Å². The van der Waals surface area contributed by atoms with Crippen LogP contribution in [0.5, 0.6) is 0 Å². The fourth-order valence-electron chi connectivity index (χ4n) is 3.46. The minimum atomic E-state index is -0.915. The van der Waals surface area contributed by atoms with Crippen LogP contribution in [0.2, 0.25) is 0 Å². The number of pyridine rings is 1. The zero-order valence-corrected chi connectivity index (χ0v) is 16.0. The molecule has 146 valence electrons. The van der Waals surface area contributed by atoms with E-state index in [-0.39, 0.29) is 12.5 Å². The molecule has 0 saturated carbocycles. The van der Waals surface area contributed by atoms with Gasteiger partial charge in [-0.15, -0.1) is 0 Å². The highest BCUT2D eigenvalue weighted by Crippen LogP contribution is 2.25. The highest BCUT2D eigenvalue weighted by atomic mass is 16.2. The zero-order valence-electron chi connectivity index (χ0n) is 16.0. The first kappa shape index (κ1) is 19.5. The summed E-state index contributed by atoms with van der Waals surface area (Å²) in [5.41, 5.74) is 0.848. The third-order valence-corrected chi connectivity index (χ3v) is 5.23. The Bertz CT molecular complexity index is 811. The summed E-state index contributed by atoms with van der Waals surface area (Å²) in [6, 6.07) is 12.2. The molecule has 0 bridgehead atoms. The number of urea groups is 1. The van der Waals surface area contributed by atoms with E-state index >= 15 is 0 Å². The van der Waals surface area contributed by atoms with Gasteiger partial charge in [0.1, 0.15) is 12.1 Å². The predicted molar refractivity (Wildman–Crippen MR) is 104 cm³/mol. The quantitative estimate of drug-likeness (QED) is 0.722. The van der Waals surface area contributed by atoms with Crippen LogP contribution >= 0.6 is 0 Å². The molecule has 1 saturated heterocycles. The van der Waals surface area contributed by atoms with Gasteiger partial charge < -0.3 is 10.6 Å². The normalized spacial score (nSPS) is 16.6. The van der Waals surface area contributed by atoms with Crippen molar-refractivity contribution in [2.24, 2.45) is 0 Å². The molecule has 0 spiro atoms. The van der Waals surface area contributed by atoms with E-state index in [1.54, 1.807) is 12.4 Å². The molecule has 7 nitrogen and oxygen atoms in total. The Morgan fingerprint density at radius 2 is 1.68 bits per heavy atom. The van der Waals surface area contributed by atoms with Crippen LogP contribution < -0.4 is 10.6 Å². The van der Waals surface area contributed by atoms with Crippen molar-refractivity contribution >= 4 is 17.8 Å². The topological polar surface area (TPSA) is 91.4 Å². The monoisotopic (exact) mass is 380 g/mol. The Morgan fingerprint density at radius 3 is 2.25 bits per heavy atom. The van der Waals surface area contributed by atoms with Crippen LogP contribution in [0, 0.1) is 0 Å². The van der Waals surface area contributed by atoms with Gasteiger partial charge in [0.2, 0.25) is 5.91 Å². The van der Waals surface area contributed by atoms with Crippen LogP contribution in [0.3, 0.4) is 0 Å². The van der Waals surface area contributed by atoms with Crippen molar-refractivity contribution in [3.05, 3.63) is 66.0 Å². The molecule has 1 aromatic carbocycles. The first-order valence-electron chi connectivity index (χ1n) is 9.39. The molecule has 3 rings (SSSR count). The molecule has 0 radical (unpaired) electrons. The third-order valence-electron chi connectivity index (χ3n) is 5.23. The number of imide groups is 1. The second-order valence-corrected chi connectivity index (χ2v) is 6.80. The van der Waals surface area contributed by atoms with Gasteiger partial charge in [-0.25, -0.2) is 4.79 Å². The lowest BCUT2D eigenvalue weighted by atomic mass is 9.93. The van der Waals surface area contributed by atoms with E-state index in [1.807, 2.05) is 56.3 Å². The predicted octanol–water partition coefficient (Wildman–Crippen LogP) is 2.40. The molecule has 2 heterocycles. The van der Waals surface area contributed by atoms with E-state index in [4.69, 9.17) is 0 Å². The summed E-state index contributed by atoms with van der Waals surface area (Å²) in [5.74, 6) is -0.755. The third kappa shape index (κ3) is 3.74. The number of nitrogens with one attached hydrogen (secondary N) is 2. The van der Waals surface area contributed by atoms with Crippen molar-refractivity contribution < 1.29 is 14.4 Å². The molecule has 28 heavy (non-hydrogen) atoms. The van der Waals surface area contributed by atoms with E-state index in [0.29, 0.717) is 12.8 Å². The second-order valence-electron chi connectivity index (χ2n) is 6.80. The maximum atomic E-state index is 12.7. The Kier molecular flexibility index (Phi) is 5.73. The van der Waals surface area contributed by atoms with Crippen molar-refractivity contribution in [3.63, 3.8) is 0 Å². The standard InChI is InChI=1S/C21H24N4O3/c1-3-21(4-2)19(27)25(20(28)24-21)14-17(26)23-18(15-8-6-5-7-9-15)16-10-12-22-13-11-16/h5-13,18H,3-4,14H2,1-2H3,(H,23,26)(H,24,28). The fraction of sp³-hybridized carbons (Fsp3) is 0.333. The highest BCUT2D eigenvalue weighted by molar-refractivity contribution is 6.09. The van der Waals surface area contributed by atoms with Gasteiger partial charge in [0.05, 0.1) is 6.04 Å². The number of rotatable bonds is 7. The van der Waals surface area contributed by atoms with Gasteiger partial charge in [-0.2, -0.15) is 0 Å². The van der Waals surface area contributed by atoms with Crippen molar-refractivity contribution in [3.8, 4) is 0 Å². The van der Waals surface area contributed by atoms with Gasteiger partial charge in [0.25, 0.3) is 5.91 Å². The van der Waals surface area contributed by atoms with Crippen molar-refractivity contribution in [1.82, 2.24) is 20.5 Å². The summed E-state index contributed by atoms with van der Waals surface area (Å²) >= 11 is 0. The van der Waals surface area contributed by atoms with Gasteiger partial charge in [-0.1, -0.05) is 44.2 Å². The molecule has 7 heteroatoms. The number of amides is 4. The zero-order chi connectivity index (χ0) is 20.1. The Morgan fingerprint density at radius 1 is 1.07 bits per heavy atom. The van der Waals surface area contributed by atoms with Crippen molar-refractivity contribution in [1.29, 1.82) is 0 Å². The van der Waals surface area contributed by atoms with Crippen LogP contribution in [-0.4, -0.2) is 39.8 Å². The lowest BCUT2D eigenvalue weighted by molar-refractivity contribution is -0.135. The number of nitrogens with zero attached hydrogens (tertiary/aromatic N) is 2. The van der Waals surface area contributed by atoms with E-state index in [0.717, 1.165) is 16.0 Å². The molecule has 1 fully saturated rings. The van der Waals surface area contributed by atoms with Crippen LogP contribution in [0.1, 0.15) is 43.9 Å². The molecular weight excluding hydrogens is 356 g/mol. The molecule has 0 aliphatic carbocycles. The molecule has 1 unspecified atom stereocenters. The second kappa shape index (κ2) is 8.21. The van der Waals surface area contributed by atoms with E-state index in [9.17, 15) is 14.4 Å². The summed E-state index contributed by atoms with van der Waals surface area (Å²) in [7, 11) is 0. The number of aromatic nitrogens is 1.